The Morgan fingerprint density at radius 3 is 3.22 bits per heavy atom. The zero-order valence-corrected chi connectivity index (χ0v) is 12.2. The fourth-order valence-corrected chi connectivity index (χ4v) is 3.13. The maximum absolute atomic E-state index is 11.3. The molecule has 8 heteroatoms. The van der Waals surface area contributed by atoms with Gasteiger partial charge in [0.1, 0.15) is 5.69 Å². The van der Waals surface area contributed by atoms with Gasteiger partial charge in [-0.05, 0) is 6.07 Å². The van der Waals surface area contributed by atoms with E-state index < -0.39 is 5.97 Å². The van der Waals surface area contributed by atoms with Crippen LogP contribution in [0, 0.1) is 0 Å². The highest BCUT2D eigenvalue weighted by Gasteiger charge is 2.32. The van der Waals surface area contributed by atoms with Gasteiger partial charge < -0.3 is 14.5 Å². The van der Waals surface area contributed by atoms with Crippen LogP contribution < -0.4 is 0 Å². The molecule has 0 saturated heterocycles. The van der Waals surface area contributed by atoms with Crippen LogP contribution in [0.1, 0.15) is 39.0 Å². The third-order valence-electron chi connectivity index (χ3n) is 4.19. The minimum Gasteiger partial charge on any atom is -0.477 e. The smallest absolute Gasteiger partial charge is 0.354 e. The number of rotatable bonds is 4. The van der Waals surface area contributed by atoms with Gasteiger partial charge >= 0.3 is 5.97 Å². The lowest BCUT2D eigenvalue weighted by Crippen LogP contribution is -2.36. The second-order valence-electron chi connectivity index (χ2n) is 5.52. The van der Waals surface area contributed by atoms with Crippen molar-refractivity contribution in [2.24, 2.45) is 0 Å². The molecule has 0 fully saturated rings. The molecule has 3 N–H and O–H groups in total. The monoisotopic (exact) mass is 313 g/mol. The van der Waals surface area contributed by atoms with Crippen LogP contribution in [-0.2, 0) is 13.0 Å². The van der Waals surface area contributed by atoms with Crippen LogP contribution in [0.2, 0.25) is 0 Å². The number of aromatic nitrogens is 4. The molecule has 1 aliphatic heterocycles. The van der Waals surface area contributed by atoms with Crippen molar-refractivity contribution in [3.05, 3.63) is 59.3 Å². The number of carbonyl (C=O) groups is 1. The van der Waals surface area contributed by atoms with Gasteiger partial charge in [0.05, 0.1) is 36.8 Å². The molecule has 0 unspecified atom stereocenters. The molecule has 3 aromatic rings. The molecule has 8 nitrogen and oxygen atoms in total. The second-order valence-corrected chi connectivity index (χ2v) is 5.52. The van der Waals surface area contributed by atoms with E-state index in [-0.39, 0.29) is 11.7 Å². The highest BCUT2D eigenvalue weighted by Crippen LogP contribution is 2.34. The topological polar surface area (TPSA) is 111 Å². The number of imidazole rings is 1. The van der Waals surface area contributed by atoms with E-state index in [1.54, 1.807) is 25.1 Å². The summed E-state index contributed by atoms with van der Waals surface area (Å²) in [4.78, 5) is 21.1. The molecule has 0 amide bonds. The second kappa shape index (κ2) is 5.40. The maximum atomic E-state index is 11.3. The molecule has 0 bridgehead atoms. The van der Waals surface area contributed by atoms with E-state index in [1.165, 1.54) is 0 Å². The summed E-state index contributed by atoms with van der Waals surface area (Å²) in [7, 11) is 0. The van der Waals surface area contributed by atoms with Crippen molar-refractivity contribution in [1.82, 2.24) is 25.1 Å². The Kier molecular flexibility index (Phi) is 3.23. The molecule has 118 valence electrons. The van der Waals surface area contributed by atoms with Crippen LogP contribution in [0.15, 0.2) is 35.5 Å². The Morgan fingerprint density at radius 1 is 1.52 bits per heavy atom. The Labute approximate surface area is 131 Å². The Balaban J connectivity index is 1.70. The minimum atomic E-state index is -1.00. The quantitative estimate of drug-likeness (QED) is 0.674. The van der Waals surface area contributed by atoms with Gasteiger partial charge in [0.25, 0.3) is 0 Å². The average molecular weight is 313 g/mol. The van der Waals surface area contributed by atoms with Gasteiger partial charge in [0, 0.05) is 36.3 Å². The Hall–Kier alpha value is -2.87. The lowest BCUT2D eigenvalue weighted by molar-refractivity contribution is 0.0687. The van der Waals surface area contributed by atoms with Crippen molar-refractivity contribution in [3.63, 3.8) is 0 Å². The third-order valence-corrected chi connectivity index (χ3v) is 4.19. The molecule has 23 heavy (non-hydrogen) atoms. The van der Waals surface area contributed by atoms with Crippen molar-refractivity contribution >= 4 is 5.97 Å². The van der Waals surface area contributed by atoms with Crippen LogP contribution in [0.5, 0.6) is 0 Å². The summed E-state index contributed by atoms with van der Waals surface area (Å²) in [6.07, 6.45) is 7.44. The molecule has 4 rings (SSSR count). The van der Waals surface area contributed by atoms with Crippen molar-refractivity contribution in [2.45, 2.75) is 19.0 Å². The lowest BCUT2D eigenvalue weighted by atomic mass is 9.97. The Bertz CT molecular complexity index is 820. The summed E-state index contributed by atoms with van der Waals surface area (Å²) in [6.45, 7) is 1.26. The number of carboxylic acids is 1. The van der Waals surface area contributed by atoms with E-state index in [9.17, 15) is 9.90 Å². The first-order valence-corrected chi connectivity index (χ1v) is 7.28. The SMILES string of the molecule is O=C(O)c1[nH]ncc1CN1CCc2[nH]cnc2[C@@H]1c1ccoc1. The van der Waals surface area contributed by atoms with Gasteiger partial charge in [-0.15, -0.1) is 0 Å². The van der Waals surface area contributed by atoms with Crippen LogP contribution in [-0.4, -0.2) is 42.7 Å². The summed E-state index contributed by atoms with van der Waals surface area (Å²) in [5.41, 5.74) is 3.85. The minimum absolute atomic E-state index is 0.0692. The maximum Gasteiger partial charge on any atom is 0.354 e. The highest BCUT2D eigenvalue weighted by atomic mass is 16.4. The normalized spacial score (nSPS) is 18.0. The molecule has 4 heterocycles. The van der Waals surface area contributed by atoms with Crippen molar-refractivity contribution < 1.29 is 14.3 Å². The van der Waals surface area contributed by atoms with E-state index in [1.807, 2.05) is 6.07 Å². The molecule has 3 aromatic heterocycles. The lowest BCUT2D eigenvalue weighted by Gasteiger charge is -2.34. The van der Waals surface area contributed by atoms with Gasteiger partial charge in [-0.2, -0.15) is 5.10 Å². The first-order valence-electron chi connectivity index (χ1n) is 7.28. The van der Waals surface area contributed by atoms with Gasteiger partial charge in [-0.3, -0.25) is 10.00 Å². The van der Waals surface area contributed by atoms with Gasteiger partial charge in [0.15, 0.2) is 0 Å². The number of aromatic carboxylic acids is 1. The summed E-state index contributed by atoms with van der Waals surface area (Å²) in [5, 5.41) is 15.6. The zero-order chi connectivity index (χ0) is 15.8. The molecule has 1 aliphatic rings. The summed E-state index contributed by atoms with van der Waals surface area (Å²) in [6, 6.07) is 1.84. The van der Waals surface area contributed by atoms with Crippen molar-refractivity contribution in [3.8, 4) is 0 Å². The number of aromatic amines is 2. The van der Waals surface area contributed by atoms with E-state index >= 15 is 0 Å². The molecule has 0 spiro atoms. The van der Waals surface area contributed by atoms with Gasteiger partial charge in [-0.1, -0.05) is 0 Å². The first-order chi connectivity index (χ1) is 11.2. The van der Waals surface area contributed by atoms with Gasteiger partial charge in [-0.25, -0.2) is 9.78 Å². The molecule has 0 aliphatic carbocycles. The van der Waals surface area contributed by atoms with Crippen molar-refractivity contribution in [2.75, 3.05) is 6.54 Å². The van der Waals surface area contributed by atoms with Gasteiger partial charge in [0.2, 0.25) is 0 Å². The first kappa shape index (κ1) is 13.8. The molecular formula is C15H15N5O3. The van der Waals surface area contributed by atoms with Crippen LogP contribution >= 0.6 is 0 Å². The standard InChI is InChI=1S/C15H15N5O3/c21-15(22)12-10(5-18-19-12)6-20-3-1-11-13(17-8-16-11)14(20)9-2-4-23-7-9/h2,4-5,7-8,14H,1,3,6H2,(H,16,17)(H,18,19)(H,21,22)/t14-/m0/s1. The van der Waals surface area contributed by atoms with Crippen LogP contribution in [0.25, 0.3) is 0 Å². The Morgan fingerprint density at radius 2 is 2.43 bits per heavy atom. The number of nitrogens with zero attached hydrogens (tertiary/aromatic N) is 3. The summed E-state index contributed by atoms with van der Waals surface area (Å²) in [5.74, 6) is -1.00. The fraction of sp³-hybridized carbons (Fsp3) is 0.267. The number of fused-ring (bicyclic) bond motifs is 1. The average Bonchev–Trinajstić information content (AvgIpc) is 3.28. The number of hydrogen-bond acceptors (Lipinski definition) is 5. The predicted molar refractivity (Wildman–Crippen MR) is 78.8 cm³/mol. The third kappa shape index (κ3) is 2.33. The number of nitrogens with one attached hydrogen (secondary N) is 2. The molecule has 0 saturated carbocycles. The number of H-pyrrole nitrogens is 2. The number of furan rings is 1. The number of carboxylic acid groups (broad SMARTS) is 1. The van der Waals surface area contributed by atoms with Crippen LogP contribution in [0.3, 0.4) is 0 Å². The predicted octanol–water partition coefficient (Wildman–Crippen LogP) is 1.57. The number of hydrogen-bond donors (Lipinski definition) is 3. The molecular weight excluding hydrogens is 298 g/mol. The van der Waals surface area contributed by atoms with Crippen molar-refractivity contribution in [1.29, 1.82) is 0 Å². The molecule has 0 radical (unpaired) electrons. The fourth-order valence-electron chi connectivity index (χ4n) is 3.13. The molecule has 1 atom stereocenters. The molecule has 0 aromatic carbocycles. The van der Waals surface area contributed by atoms with E-state index in [0.717, 1.165) is 29.9 Å². The zero-order valence-electron chi connectivity index (χ0n) is 12.2. The van der Waals surface area contributed by atoms with E-state index in [4.69, 9.17) is 4.42 Å². The van der Waals surface area contributed by atoms with Crippen LogP contribution in [0.4, 0.5) is 0 Å². The van der Waals surface area contributed by atoms with E-state index in [0.29, 0.717) is 12.1 Å². The largest absolute Gasteiger partial charge is 0.477 e. The van der Waals surface area contributed by atoms with E-state index in [2.05, 4.69) is 25.1 Å². The highest BCUT2D eigenvalue weighted by molar-refractivity contribution is 5.86. The summed E-state index contributed by atoms with van der Waals surface area (Å²) < 4.78 is 5.23. The summed E-state index contributed by atoms with van der Waals surface area (Å²) >= 11 is 0.